The zero-order chi connectivity index (χ0) is 30.6. The van der Waals surface area contributed by atoms with Crippen LogP contribution >= 0.6 is 0 Å². The lowest BCUT2D eigenvalue weighted by Crippen LogP contribution is -2.09. The van der Waals surface area contributed by atoms with E-state index in [1.807, 2.05) is 86.0 Å². The lowest BCUT2D eigenvalue weighted by atomic mass is 9.99. The summed E-state index contributed by atoms with van der Waals surface area (Å²) in [6.07, 6.45) is 2.42. The van der Waals surface area contributed by atoms with E-state index in [-0.39, 0.29) is 17.3 Å². The lowest BCUT2D eigenvalue weighted by Gasteiger charge is -2.15. The van der Waals surface area contributed by atoms with E-state index in [9.17, 15) is 8.42 Å². The average molecular weight is 600 g/mol. The maximum atomic E-state index is 16.3. The van der Waals surface area contributed by atoms with Crippen LogP contribution in [0.25, 0.3) is 22.2 Å². The van der Waals surface area contributed by atoms with Crippen molar-refractivity contribution < 1.29 is 21.7 Å². The van der Waals surface area contributed by atoms with Crippen molar-refractivity contribution in [2.45, 2.75) is 58.4 Å². The molecular formula is C36H38FNO4S. The summed E-state index contributed by atoms with van der Waals surface area (Å²) in [7, 11) is -3.81. The van der Waals surface area contributed by atoms with Crippen LogP contribution in [-0.2, 0) is 27.3 Å². The second-order valence-corrected chi connectivity index (χ2v) is 12.7. The van der Waals surface area contributed by atoms with Crippen LogP contribution in [0.15, 0.2) is 89.8 Å². The second-order valence-electron chi connectivity index (χ2n) is 11.1. The van der Waals surface area contributed by atoms with Gasteiger partial charge >= 0.3 is 0 Å². The summed E-state index contributed by atoms with van der Waals surface area (Å²) in [5.74, 6) is 0.415. The van der Waals surface area contributed by atoms with E-state index in [1.54, 1.807) is 24.3 Å². The molecule has 0 N–H and O–H groups in total. The van der Waals surface area contributed by atoms with Gasteiger partial charge in [0.05, 0.1) is 29.3 Å². The Bertz CT molecular complexity index is 1800. The zero-order valence-corrected chi connectivity index (χ0v) is 26.0. The van der Waals surface area contributed by atoms with Crippen molar-refractivity contribution in [2.24, 2.45) is 0 Å². The molecule has 0 fully saturated rings. The van der Waals surface area contributed by atoms with Crippen LogP contribution in [0.3, 0.4) is 0 Å². The molecule has 0 saturated carbocycles. The summed E-state index contributed by atoms with van der Waals surface area (Å²) < 4.78 is 54.6. The van der Waals surface area contributed by atoms with E-state index in [0.717, 1.165) is 51.7 Å². The van der Waals surface area contributed by atoms with Gasteiger partial charge in [0.25, 0.3) is 10.1 Å². The fraction of sp³-hybridized carbons (Fsp3) is 0.278. The number of fused-ring (bicyclic) bond motifs is 1. The summed E-state index contributed by atoms with van der Waals surface area (Å²) in [6, 6.07) is 26.2. The predicted molar refractivity (Wildman–Crippen MR) is 171 cm³/mol. The highest BCUT2D eigenvalue weighted by atomic mass is 32.2. The SMILES string of the molecule is CCCCOc1ccc2c(c1)c(F)c(-c1c(C)cccc1C)n2Cc1ccc(CCOS(=O)(=O)c2ccc(C)cc2)cc1. The maximum Gasteiger partial charge on any atom is 0.296 e. The first kappa shape index (κ1) is 30.5. The molecule has 7 heteroatoms. The highest BCUT2D eigenvalue weighted by Gasteiger charge is 2.22. The first-order chi connectivity index (χ1) is 20.7. The van der Waals surface area contributed by atoms with Crippen molar-refractivity contribution in [3.05, 3.63) is 119 Å². The Balaban J connectivity index is 1.39. The number of ether oxygens (including phenoxy) is 1. The minimum Gasteiger partial charge on any atom is -0.494 e. The maximum absolute atomic E-state index is 16.3. The third-order valence-corrected chi connectivity index (χ3v) is 9.09. The first-order valence-electron chi connectivity index (χ1n) is 14.7. The molecule has 0 saturated heterocycles. The molecule has 0 radical (unpaired) electrons. The van der Waals surface area contributed by atoms with Crippen LogP contribution in [0.2, 0.25) is 0 Å². The first-order valence-corrected chi connectivity index (χ1v) is 16.1. The van der Waals surface area contributed by atoms with Crippen molar-refractivity contribution in [2.75, 3.05) is 13.2 Å². The zero-order valence-electron chi connectivity index (χ0n) is 25.2. The number of aromatic nitrogens is 1. The van der Waals surface area contributed by atoms with Crippen molar-refractivity contribution in [1.82, 2.24) is 4.57 Å². The largest absolute Gasteiger partial charge is 0.494 e. The standard InChI is InChI=1S/C36H38FNO4S/c1-5-6-21-41-30-16-19-33-32(23-30)35(37)36(34-26(3)8-7-9-27(34)4)38(33)24-29-14-12-28(13-15-29)20-22-42-43(39,40)31-17-10-25(2)11-18-31/h7-19,23H,5-6,20-22,24H2,1-4H3. The third kappa shape index (κ3) is 6.84. The quantitative estimate of drug-likeness (QED) is 0.107. The van der Waals surface area contributed by atoms with Crippen LogP contribution in [0.4, 0.5) is 4.39 Å². The smallest absolute Gasteiger partial charge is 0.296 e. The monoisotopic (exact) mass is 599 g/mol. The van der Waals surface area contributed by atoms with Crippen LogP contribution in [-0.4, -0.2) is 26.2 Å². The molecule has 43 heavy (non-hydrogen) atoms. The molecule has 0 amide bonds. The highest BCUT2D eigenvalue weighted by molar-refractivity contribution is 7.86. The van der Waals surface area contributed by atoms with Crippen molar-refractivity contribution in [3.63, 3.8) is 0 Å². The molecule has 0 unspecified atom stereocenters. The van der Waals surface area contributed by atoms with E-state index in [0.29, 0.717) is 36.4 Å². The molecule has 1 aromatic heterocycles. The Kier molecular flexibility index (Phi) is 9.33. The van der Waals surface area contributed by atoms with Crippen LogP contribution in [0.1, 0.15) is 47.6 Å². The molecular weight excluding hydrogens is 561 g/mol. The number of rotatable bonds is 12. The van der Waals surface area contributed by atoms with Crippen molar-refractivity contribution in [1.29, 1.82) is 0 Å². The average Bonchev–Trinajstić information content (AvgIpc) is 3.24. The summed E-state index contributed by atoms with van der Waals surface area (Å²) in [5.41, 5.74) is 7.23. The molecule has 5 nitrogen and oxygen atoms in total. The number of halogens is 1. The van der Waals surface area contributed by atoms with Gasteiger partial charge in [-0.1, -0.05) is 73.5 Å². The van der Waals surface area contributed by atoms with E-state index in [2.05, 4.69) is 6.92 Å². The fourth-order valence-electron chi connectivity index (χ4n) is 5.35. The van der Waals surface area contributed by atoms with Gasteiger partial charge in [-0.25, -0.2) is 4.39 Å². The van der Waals surface area contributed by atoms with Gasteiger partial charge in [-0.2, -0.15) is 8.42 Å². The number of benzene rings is 4. The van der Waals surface area contributed by atoms with Crippen LogP contribution < -0.4 is 4.74 Å². The van der Waals surface area contributed by atoms with Crippen molar-refractivity contribution >= 4 is 21.0 Å². The Hall–Kier alpha value is -3.94. The molecule has 224 valence electrons. The normalized spacial score (nSPS) is 11.7. The Morgan fingerprint density at radius 1 is 0.814 bits per heavy atom. The second kappa shape index (κ2) is 13.1. The van der Waals surface area contributed by atoms with Gasteiger partial charge in [0.2, 0.25) is 0 Å². The number of nitrogens with zero attached hydrogens (tertiary/aromatic N) is 1. The van der Waals surface area contributed by atoms with Gasteiger partial charge in [-0.15, -0.1) is 0 Å². The van der Waals surface area contributed by atoms with E-state index in [4.69, 9.17) is 8.92 Å². The summed E-state index contributed by atoms with van der Waals surface area (Å²) >= 11 is 0. The van der Waals surface area contributed by atoms with Gasteiger partial charge in [-0.3, -0.25) is 4.18 Å². The molecule has 5 rings (SSSR count). The minimum absolute atomic E-state index is 0.0440. The van der Waals surface area contributed by atoms with E-state index >= 15 is 4.39 Å². The highest BCUT2D eigenvalue weighted by Crippen LogP contribution is 2.38. The van der Waals surface area contributed by atoms with Gasteiger partial charge in [0.15, 0.2) is 5.82 Å². The number of hydrogen-bond donors (Lipinski definition) is 0. The third-order valence-electron chi connectivity index (χ3n) is 7.76. The molecule has 5 aromatic rings. The summed E-state index contributed by atoms with van der Waals surface area (Å²) in [4.78, 5) is 0.152. The van der Waals surface area contributed by atoms with Crippen molar-refractivity contribution in [3.8, 4) is 17.0 Å². The Morgan fingerprint density at radius 3 is 2.16 bits per heavy atom. The topological polar surface area (TPSA) is 57.5 Å². The van der Waals surface area contributed by atoms with E-state index < -0.39 is 10.1 Å². The molecule has 0 atom stereocenters. The number of aryl methyl sites for hydroxylation is 3. The molecule has 0 aliphatic carbocycles. The molecule has 0 aliphatic rings. The Morgan fingerprint density at radius 2 is 1.49 bits per heavy atom. The van der Waals surface area contributed by atoms with Gasteiger partial charge in [0, 0.05) is 17.5 Å². The van der Waals surface area contributed by atoms with Gasteiger partial charge in [-0.05, 0) is 86.2 Å². The predicted octanol–water partition coefficient (Wildman–Crippen LogP) is 8.55. The molecule has 0 aliphatic heterocycles. The van der Waals surface area contributed by atoms with Crippen LogP contribution in [0.5, 0.6) is 5.75 Å². The molecule has 0 spiro atoms. The Labute approximate surface area is 254 Å². The van der Waals surface area contributed by atoms with Gasteiger partial charge in [0.1, 0.15) is 5.75 Å². The molecule has 0 bridgehead atoms. The fourth-order valence-corrected chi connectivity index (χ4v) is 6.26. The summed E-state index contributed by atoms with van der Waals surface area (Å²) in [6.45, 7) is 9.16. The lowest BCUT2D eigenvalue weighted by molar-refractivity contribution is 0.309. The minimum atomic E-state index is -3.81. The number of unbranched alkanes of at least 4 members (excludes halogenated alkanes) is 1. The summed E-state index contributed by atoms with van der Waals surface area (Å²) in [5, 5.41) is 0.537. The van der Waals surface area contributed by atoms with Gasteiger partial charge < -0.3 is 9.30 Å². The molecule has 1 heterocycles. The molecule has 4 aromatic carbocycles. The van der Waals surface area contributed by atoms with E-state index in [1.165, 1.54) is 0 Å². The van der Waals surface area contributed by atoms with Crippen LogP contribution in [0, 0.1) is 26.6 Å². The number of hydrogen-bond acceptors (Lipinski definition) is 4.